The van der Waals surface area contributed by atoms with Crippen molar-refractivity contribution in [1.82, 2.24) is 5.32 Å². The highest BCUT2D eigenvalue weighted by Gasteiger charge is 2.09. The molecule has 1 aromatic rings. The molecule has 0 heterocycles. The Bertz CT molecular complexity index is 420. The Morgan fingerprint density at radius 3 is 2.70 bits per heavy atom. The lowest BCUT2D eigenvalue weighted by molar-refractivity contribution is -0.120. The van der Waals surface area contributed by atoms with E-state index in [2.05, 4.69) is 5.32 Å². The predicted molar refractivity (Wildman–Crippen MR) is 77.4 cm³/mol. The molecule has 5 nitrogen and oxygen atoms in total. The van der Waals surface area contributed by atoms with Crippen molar-refractivity contribution in [2.45, 2.75) is 19.8 Å². The molecule has 0 bridgehead atoms. The van der Waals surface area contributed by atoms with Gasteiger partial charge in [0.15, 0.2) is 0 Å². The van der Waals surface area contributed by atoms with Gasteiger partial charge in [-0.1, -0.05) is 6.07 Å². The molecule has 0 aliphatic rings. The van der Waals surface area contributed by atoms with E-state index in [4.69, 9.17) is 14.2 Å². The van der Waals surface area contributed by atoms with Crippen LogP contribution in [-0.4, -0.2) is 39.9 Å². The fourth-order valence-corrected chi connectivity index (χ4v) is 1.78. The third-order valence-corrected chi connectivity index (χ3v) is 2.84. The normalized spacial score (nSPS) is 10.2. The number of nitrogens with one attached hydrogen (secondary N) is 1. The van der Waals surface area contributed by atoms with E-state index in [1.54, 1.807) is 20.3 Å². The fourth-order valence-electron chi connectivity index (χ4n) is 1.78. The Labute approximate surface area is 120 Å². The number of rotatable bonds is 9. The summed E-state index contributed by atoms with van der Waals surface area (Å²) in [4.78, 5) is 11.8. The summed E-state index contributed by atoms with van der Waals surface area (Å²) >= 11 is 0. The first-order valence-electron chi connectivity index (χ1n) is 6.76. The van der Waals surface area contributed by atoms with Crippen LogP contribution in [0.1, 0.15) is 18.9 Å². The largest absolute Gasteiger partial charge is 0.497 e. The quantitative estimate of drug-likeness (QED) is 0.701. The first-order valence-corrected chi connectivity index (χ1v) is 6.76. The van der Waals surface area contributed by atoms with Crippen LogP contribution in [0, 0.1) is 0 Å². The molecule has 1 rings (SSSR count). The second-order valence-electron chi connectivity index (χ2n) is 4.25. The van der Waals surface area contributed by atoms with Crippen LogP contribution in [0.4, 0.5) is 0 Å². The molecule has 5 heteroatoms. The van der Waals surface area contributed by atoms with Crippen molar-refractivity contribution in [2.24, 2.45) is 0 Å². The van der Waals surface area contributed by atoms with Gasteiger partial charge in [-0.05, 0) is 19.4 Å². The fraction of sp³-hybridized carbons (Fsp3) is 0.533. The summed E-state index contributed by atoms with van der Waals surface area (Å²) < 4.78 is 15.6. The maximum atomic E-state index is 11.8. The molecule has 0 saturated carbocycles. The minimum Gasteiger partial charge on any atom is -0.497 e. The maximum Gasteiger partial charge on any atom is 0.224 e. The molecule has 20 heavy (non-hydrogen) atoms. The maximum absolute atomic E-state index is 11.8. The molecule has 0 aliphatic carbocycles. The van der Waals surface area contributed by atoms with Crippen molar-refractivity contribution in [1.29, 1.82) is 0 Å². The number of benzene rings is 1. The summed E-state index contributed by atoms with van der Waals surface area (Å²) in [6.45, 7) is 3.95. The van der Waals surface area contributed by atoms with E-state index in [-0.39, 0.29) is 5.91 Å². The third-order valence-electron chi connectivity index (χ3n) is 2.84. The SMILES string of the molecule is CCOCCCNC(=O)Cc1ccc(OC)cc1OC. The van der Waals surface area contributed by atoms with Crippen LogP contribution < -0.4 is 14.8 Å². The number of carbonyl (C=O) groups excluding carboxylic acids is 1. The zero-order valence-corrected chi connectivity index (χ0v) is 12.4. The van der Waals surface area contributed by atoms with E-state index in [0.717, 1.165) is 12.0 Å². The summed E-state index contributed by atoms with van der Waals surface area (Å²) in [5.41, 5.74) is 0.843. The van der Waals surface area contributed by atoms with Gasteiger partial charge in [0.1, 0.15) is 11.5 Å². The number of methoxy groups -OCH3 is 2. The predicted octanol–water partition coefficient (Wildman–Crippen LogP) is 1.79. The summed E-state index contributed by atoms with van der Waals surface area (Å²) in [6, 6.07) is 5.44. The van der Waals surface area contributed by atoms with E-state index >= 15 is 0 Å². The van der Waals surface area contributed by atoms with Gasteiger partial charge in [-0.15, -0.1) is 0 Å². The number of hydrogen-bond acceptors (Lipinski definition) is 4. The van der Waals surface area contributed by atoms with Crippen LogP contribution in [-0.2, 0) is 16.0 Å². The smallest absolute Gasteiger partial charge is 0.224 e. The van der Waals surface area contributed by atoms with Crippen LogP contribution in [0.25, 0.3) is 0 Å². The number of carbonyl (C=O) groups is 1. The number of amides is 1. The van der Waals surface area contributed by atoms with Gasteiger partial charge in [-0.2, -0.15) is 0 Å². The first-order chi connectivity index (χ1) is 9.71. The summed E-state index contributed by atoms with van der Waals surface area (Å²) in [5.74, 6) is 1.35. The van der Waals surface area contributed by atoms with E-state index < -0.39 is 0 Å². The third kappa shape index (κ3) is 5.48. The van der Waals surface area contributed by atoms with Crippen LogP contribution in [0.3, 0.4) is 0 Å². The average molecular weight is 281 g/mol. The van der Waals surface area contributed by atoms with Gasteiger partial charge in [0.05, 0.1) is 20.6 Å². The molecule has 0 fully saturated rings. The van der Waals surface area contributed by atoms with Crippen LogP contribution in [0.15, 0.2) is 18.2 Å². The van der Waals surface area contributed by atoms with Gasteiger partial charge in [0, 0.05) is 31.4 Å². The minimum absolute atomic E-state index is 0.0232. The molecule has 0 radical (unpaired) electrons. The van der Waals surface area contributed by atoms with Gasteiger partial charge in [-0.25, -0.2) is 0 Å². The Balaban J connectivity index is 2.45. The Morgan fingerprint density at radius 2 is 2.05 bits per heavy atom. The summed E-state index contributed by atoms with van der Waals surface area (Å²) in [7, 11) is 3.18. The molecule has 1 amide bonds. The zero-order valence-electron chi connectivity index (χ0n) is 12.4. The van der Waals surface area contributed by atoms with Gasteiger partial charge >= 0.3 is 0 Å². The van der Waals surface area contributed by atoms with Crippen LogP contribution >= 0.6 is 0 Å². The van der Waals surface area contributed by atoms with Crippen molar-refractivity contribution in [3.63, 3.8) is 0 Å². The Kier molecular flexibility index (Phi) is 7.50. The second-order valence-corrected chi connectivity index (χ2v) is 4.25. The molecule has 0 saturated heterocycles. The molecule has 0 aliphatic heterocycles. The van der Waals surface area contributed by atoms with Gasteiger partial charge in [0.25, 0.3) is 0 Å². The van der Waals surface area contributed by atoms with Gasteiger partial charge < -0.3 is 19.5 Å². The molecular formula is C15H23NO4. The minimum atomic E-state index is -0.0232. The lowest BCUT2D eigenvalue weighted by atomic mass is 10.1. The number of hydrogen-bond donors (Lipinski definition) is 1. The second kappa shape index (κ2) is 9.20. The van der Waals surface area contributed by atoms with Crippen molar-refractivity contribution in [3.05, 3.63) is 23.8 Å². The van der Waals surface area contributed by atoms with Crippen molar-refractivity contribution < 1.29 is 19.0 Å². The Hall–Kier alpha value is -1.75. The molecule has 0 aromatic heterocycles. The van der Waals surface area contributed by atoms with Crippen LogP contribution in [0.5, 0.6) is 11.5 Å². The van der Waals surface area contributed by atoms with Crippen LogP contribution in [0.2, 0.25) is 0 Å². The van der Waals surface area contributed by atoms with Crippen molar-refractivity contribution >= 4 is 5.91 Å². The lowest BCUT2D eigenvalue weighted by Gasteiger charge is -2.10. The van der Waals surface area contributed by atoms with Crippen molar-refractivity contribution in [2.75, 3.05) is 34.0 Å². The Morgan fingerprint density at radius 1 is 1.25 bits per heavy atom. The summed E-state index contributed by atoms with van der Waals surface area (Å²) in [5, 5.41) is 2.86. The molecule has 0 spiro atoms. The van der Waals surface area contributed by atoms with E-state index in [0.29, 0.717) is 37.7 Å². The standard InChI is InChI=1S/C15H23NO4/c1-4-20-9-5-8-16-15(17)10-12-6-7-13(18-2)11-14(12)19-3/h6-7,11H,4-5,8-10H2,1-3H3,(H,16,17). The highest BCUT2D eigenvalue weighted by molar-refractivity contribution is 5.79. The van der Waals surface area contributed by atoms with E-state index in [9.17, 15) is 4.79 Å². The lowest BCUT2D eigenvalue weighted by Crippen LogP contribution is -2.27. The first kappa shape index (κ1) is 16.3. The van der Waals surface area contributed by atoms with E-state index in [1.807, 2.05) is 19.1 Å². The summed E-state index contributed by atoms with van der Waals surface area (Å²) in [6.07, 6.45) is 1.11. The molecule has 1 aromatic carbocycles. The topological polar surface area (TPSA) is 56.8 Å². The van der Waals surface area contributed by atoms with Gasteiger partial charge in [0.2, 0.25) is 5.91 Å². The zero-order chi connectivity index (χ0) is 14.8. The average Bonchev–Trinajstić information content (AvgIpc) is 2.47. The van der Waals surface area contributed by atoms with Crippen molar-refractivity contribution in [3.8, 4) is 11.5 Å². The number of ether oxygens (including phenoxy) is 3. The molecule has 112 valence electrons. The highest BCUT2D eigenvalue weighted by atomic mass is 16.5. The molecular weight excluding hydrogens is 258 g/mol. The molecule has 0 atom stereocenters. The van der Waals surface area contributed by atoms with E-state index in [1.165, 1.54) is 0 Å². The monoisotopic (exact) mass is 281 g/mol. The molecule has 1 N–H and O–H groups in total. The molecule has 0 unspecified atom stereocenters. The van der Waals surface area contributed by atoms with Gasteiger partial charge in [-0.3, -0.25) is 4.79 Å². The highest BCUT2D eigenvalue weighted by Crippen LogP contribution is 2.24.